The second-order valence-electron chi connectivity index (χ2n) is 3.72. The lowest BCUT2D eigenvalue weighted by molar-refractivity contribution is 0.485. The highest BCUT2D eigenvalue weighted by Gasteiger charge is 2.21. The molecule has 7 heteroatoms. The van der Waals surface area contributed by atoms with Crippen LogP contribution in [0.5, 0.6) is 5.75 Å². The summed E-state index contributed by atoms with van der Waals surface area (Å²) in [5.41, 5.74) is 0.157. The molecule has 0 fully saturated rings. The van der Waals surface area contributed by atoms with E-state index in [2.05, 4.69) is 31.9 Å². The van der Waals surface area contributed by atoms with E-state index in [1.54, 1.807) is 24.3 Å². The molecule has 20 heavy (non-hydrogen) atoms. The van der Waals surface area contributed by atoms with Gasteiger partial charge in [-0.1, -0.05) is 28.1 Å². The van der Waals surface area contributed by atoms with Crippen LogP contribution < -0.4 is 4.18 Å². The largest absolute Gasteiger partial charge is 0.378 e. The highest BCUT2D eigenvalue weighted by atomic mass is 79.9. The predicted molar refractivity (Wildman–Crippen MR) is 80.8 cm³/mol. The standard InChI is InChI=1S/C13H7Br2NO3S/c14-10-5-6-13(11(15)7-10)20(17,18)19-12-4-2-1-3-9(12)8-16/h1-7H. The summed E-state index contributed by atoms with van der Waals surface area (Å²) < 4.78 is 30.6. The SMILES string of the molecule is N#Cc1ccccc1OS(=O)(=O)c1ccc(Br)cc1Br. The van der Waals surface area contributed by atoms with Gasteiger partial charge in [0.25, 0.3) is 0 Å². The van der Waals surface area contributed by atoms with E-state index in [4.69, 9.17) is 9.44 Å². The Labute approximate surface area is 133 Å². The third-order valence-corrected chi connectivity index (χ3v) is 5.08. The van der Waals surface area contributed by atoms with Crippen LogP contribution in [0, 0.1) is 11.3 Å². The second-order valence-corrected chi connectivity index (χ2v) is 7.00. The highest BCUT2D eigenvalue weighted by molar-refractivity contribution is 9.11. The number of nitrogens with zero attached hydrogens (tertiary/aromatic N) is 1. The average molecular weight is 417 g/mol. The number of halogens is 2. The van der Waals surface area contributed by atoms with E-state index in [9.17, 15) is 8.42 Å². The van der Waals surface area contributed by atoms with Crippen molar-refractivity contribution in [3.05, 3.63) is 57.0 Å². The van der Waals surface area contributed by atoms with Crippen LogP contribution in [0.25, 0.3) is 0 Å². The van der Waals surface area contributed by atoms with Gasteiger partial charge in [-0.05, 0) is 46.3 Å². The lowest BCUT2D eigenvalue weighted by Crippen LogP contribution is -2.11. The Balaban J connectivity index is 2.44. The summed E-state index contributed by atoms with van der Waals surface area (Å²) in [5.74, 6) is 0.00446. The Morgan fingerprint density at radius 3 is 2.45 bits per heavy atom. The van der Waals surface area contributed by atoms with Crippen molar-refractivity contribution in [3.63, 3.8) is 0 Å². The maximum absolute atomic E-state index is 12.2. The fraction of sp³-hybridized carbons (Fsp3) is 0. The normalized spacial score (nSPS) is 10.8. The van der Waals surface area contributed by atoms with Crippen molar-refractivity contribution in [3.8, 4) is 11.8 Å². The summed E-state index contributed by atoms with van der Waals surface area (Å²) in [6, 6.07) is 12.7. The van der Waals surface area contributed by atoms with Gasteiger partial charge in [0.1, 0.15) is 11.0 Å². The second kappa shape index (κ2) is 5.95. The summed E-state index contributed by atoms with van der Waals surface area (Å²) >= 11 is 6.42. The summed E-state index contributed by atoms with van der Waals surface area (Å²) in [6.07, 6.45) is 0. The fourth-order valence-corrected chi connectivity index (χ4v) is 4.12. The van der Waals surface area contributed by atoms with Gasteiger partial charge in [0.2, 0.25) is 0 Å². The molecule has 0 amide bonds. The van der Waals surface area contributed by atoms with Crippen LogP contribution in [-0.2, 0) is 10.1 Å². The van der Waals surface area contributed by atoms with Crippen molar-refractivity contribution in [1.82, 2.24) is 0 Å². The molecule has 0 saturated heterocycles. The van der Waals surface area contributed by atoms with Gasteiger partial charge in [-0.3, -0.25) is 0 Å². The van der Waals surface area contributed by atoms with E-state index < -0.39 is 10.1 Å². The first kappa shape index (κ1) is 15.0. The van der Waals surface area contributed by atoms with Crippen LogP contribution in [0.3, 0.4) is 0 Å². The van der Waals surface area contributed by atoms with Gasteiger partial charge in [-0.2, -0.15) is 13.7 Å². The zero-order valence-corrected chi connectivity index (χ0v) is 13.9. The molecule has 0 unspecified atom stereocenters. The molecular formula is C13H7Br2NO3S. The smallest absolute Gasteiger partial charge is 0.340 e. The molecule has 2 rings (SSSR count). The number of hydrogen-bond donors (Lipinski definition) is 0. The molecule has 4 nitrogen and oxygen atoms in total. The lowest BCUT2D eigenvalue weighted by atomic mass is 10.2. The fourth-order valence-electron chi connectivity index (χ4n) is 1.47. The number of hydrogen-bond acceptors (Lipinski definition) is 4. The van der Waals surface area contributed by atoms with Gasteiger partial charge in [-0.15, -0.1) is 0 Å². The van der Waals surface area contributed by atoms with Crippen molar-refractivity contribution in [2.75, 3.05) is 0 Å². The minimum absolute atomic E-state index is 0.00446. The summed E-state index contributed by atoms with van der Waals surface area (Å²) in [6.45, 7) is 0. The maximum atomic E-state index is 12.2. The third kappa shape index (κ3) is 3.20. The molecule has 0 aliphatic rings. The maximum Gasteiger partial charge on any atom is 0.340 e. The highest BCUT2D eigenvalue weighted by Crippen LogP contribution is 2.29. The van der Waals surface area contributed by atoms with Gasteiger partial charge in [0.05, 0.1) is 5.56 Å². The van der Waals surface area contributed by atoms with E-state index >= 15 is 0 Å². The van der Waals surface area contributed by atoms with Crippen molar-refractivity contribution >= 4 is 42.0 Å². The van der Waals surface area contributed by atoms with Crippen LogP contribution in [0.2, 0.25) is 0 Å². The van der Waals surface area contributed by atoms with Gasteiger partial charge < -0.3 is 4.18 Å². The molecule has 0 saturated carbocycles. The molecule has 0 N–H and O–H groups in total. The van der Waals surface area contributed by atoms with E-state index in [0.717, 1.165) is 4.47 Å². The molecule has 2 aromatic carbocycles. The quantitative estimate of drug-likeness (QED) is 0.712. The predicted octanol–water partition coefficient (Wildman–Crippen LogP) is 3.85. The van der Waals surface area contributed by atoms with Crippen LogP contribution in [0.15, 0.2) is 56.3 Å². The zero-order chi connectivity index (χ0) is 14.8. The van der Waals surface area contributed by atoms with Gasteiger partial charge >= 0.3 is 10.1 Å². The molecule has 0 aliphatic carbocycles. The number of nitriles is 1. The van der Waals surface area contributed by atoms with Crippen molar-refractivity contribution in [2.24, 2.45) is 0 Å². The molecule has 0 atom stereocenters. The number of rotatable bonds is 3. The van der Waals surface area contributed by atoms with Crippen LogP contribution in [0.1, 0.15) is 5.56 Å². The Kier molecular flexibility index (Phi) is 4.48. The molecule has 0 heterocycles. The van der Waals surface area contributed by atoms with Crippen LogP contribution in [-0.4, -0.2) is 8.42 Å². The first-order valence-corrected chi connectivity index (χ1v) is 8.32. The van der Waals surface area contributed by atoms with Crippen molar-refractivity contribution < 1.29 is 12.6 Å². The summed E-state index contributed by atoms with van der Waals surface area (Å²) in [7, 11) is -4.01. The van der Waals surface area contributed by atoms with E-state index in [0.29, 0.717) is 4.47 Å². The average Bonchev–Trinajstić information content (AvgIpc) is 2.38. The molecule has 0 aliphatic heterocycles. The molecule has 102 valence electrons. The minimum atomic E-state index is -4.01. The first-order valence-electron chi connectivity index (χ1n) is 5.33. The number of para-hydroxylation sites is 1. The Morgan fingerprint density at radius 1 is 1.10 bits per heavy atom. The van der Waals surface area contributed by atoms with E-state index in [1.807, 2.05) is 6.07 Å². The molecular weight excluding hydrogens is 410 g/mol. The Hall–Kier alpha value is -1.36. The summed E-state index contributed by atoms with van der Waals surface area (Å²) in [4.78, 5) is -0.00607. The van der Waals surface area contributed by atoms with E-state index in [1.165, 1.54) is 18.2 Å². The monoisotopic (exact) mass is 415 g/mol. The first-order chi connectivity index (χ1) is 9.44. The van der Waals surface area contributed by atoms with Crippen LogP contribution in [0.4, 0.5) is 0 Å². The molecule has 0 bridgehead atoms. The third-order valence-electron chi connectivity index (χ3n) is 2.37. The molecule has 0 spiro atoms. The molecule has 0 aromatic heterocycles. The number of benzene rings is 2. The van der Waals surface area contributed by atoms with Crippen molar-refractivity contribution in [1.29, 1.82) is 5.26 Å². The van der Waals surface area contributed by atoms with E-state index in [-0.39, 0.29) is 16.2 Å². The Morgan fingerprint density at radius 2 is 1.80 bits per heavy atom. The zero-order valence-electron chi connectivity index (χ0n) is 9.88. The van der Waals surface area contributed by atoms with Crippen LogP contribution >= 0.6 is 31.9 Å². The topological polar surface area (TPSA) is 67.2 Å². The summed E-state index contributed by atoms with van der Waals surface area (Å²) in [5, 5.41) is 8.94. The molecule has 2 aromatic rings. The van der Waals surface area contributed by atoms with Gasteiger partial charge in [-0.25, -0.2) is 0 Å². The van der Waals surface area contributed by atoms with Crippen molar-refractivity contribution in [2.45, 2.75) is 4.90 Å². The van der Waals surface area contributed by atoms with Gasteiger partial charge in [0.15, 0.2) is 5.75 Å². The minimum Gasteiger partial charge on any atom is -0.378 e. The lowest BCUT2D eigenvalue weighted by Gasteiger charge is -2.09. The molecule has 0 radical (unpaired) electrons. The Bertz CT molecular complexity index is 798. The van der Waals surface area contributed by atoms with Gasteiger partial charge in [0, 0.05) is 8.95 Å².